The Morgan fingerprint density at radius 1 is 1.50 bits per heavy atom. The van der Waals surface area contributed by atoms with Gasteiger partial charge in [0.25, 0.3) is 0 Å². The Hall–Kier alpha value is -0.250. The highest BCUT2D eigenvalue weighted by molar-refractivity contribution is 9.10. The average Bonchev–Trinajstić information content (AvgIpc) is 2.65. The third-order valence-electron chi connectivity index (χ3n) is 2.52. The first-order chi connectivity index (χ1) is 6.70. The Bertz CT molecular complexity index is 350. The molecule has 76 valence electrons. The molecule has 2 nitrogen and oxygen atoms in total. The molecular formula is C10H11BrClNO. The lowest BCUT2D eigenvalue weighted by molar-refractivity contribution is 0.454. The van der Waals surface area contributed by atoms with Gasteiger partial charge < -0.3 is 10.4 Å². The fraction of sp³-hybridized carbons (Fsp3) is 0.400. The number of phenols is 1. The lowest BCUT2D eigenvalue weighted by Gasteiger charge is -2.15. The van der Waals surface area contributed by atoms with Gasteiger partial charge in [0, 0.05) is 16.6 Å². The minimum absolute atomic E-state index is 0.194. The van der Waals surface area contributed by atoms with E-state index in [0.717, 1.165) is 24.9 Å². The molecule has 14 heavy (non-hydrogen) atoms. The summed E-state index contributed by atoms with van der Waals surface area (Å²) >= 11 is 9.35. The van der Waals surface area contributed by atoms with Gasteiger partial charge in [-0.05, 0) is 47.4 Å². The summed E-state index contributed by atoms with van der Waals surface area (Å²) in [6, 6.07) is 3.76. The Labute approximate surface area is 96.4 Å². The van der Waals surface area contributed by atoms with E-state index in [1.54, 1.807) is 12.1 Å². The van der Waals surface area contributed by atoms with Crippen LogP contribution in [-0.2, 0) is 0 Å². The van der Waals surface area contributed by atoms with E-state index in [1.165, 1.54) is 0 Å². The maximum absolute atomic E-state index is 9.87. The monoisotopic (exact) mass is 275 g/mol. The smallest absolute Gasteiger partial charge is 0.136 e. The molecule has 0 radical (unpaired) electrons. The quantitative estimate of drug-likeness (QED) is 0.825. The largest absolute Gasteiger partial charge is 0.506 e. The van der Waals surface area contributed by atoms with Gasteiger partial charge in [0.15, 0.2) is 0 Å². The molecule has 0 bridgehead atoms. The molecule has 2 N–H and O–H groups in total. The number of hydrogen-bond donors (Lipinski definition) is 2. The molecule has 0 saturated carbocycles. The molecule has 1 heterocycles. The third kappa shape index (κ3) is 1.76. The van der Waals surface area contributed by atoms with Gasteiger partial charge in [-0.1, -0.05) is 11.6 Å². The minimum atomic E-state index is 0.194. The van der Waals surface area contributed by atoms with Gasteiger partial charge in [0.2, 0.25) is 0 Å². The molecule has 0 aliphatic carbocycles. The molecule has 0 aromatic heterocycles. The average molecular weight is 277 g/mol. The zero-order valence-electron chi connectivity index (χ0n) is 7.56. The number of phenolic OH excluding ortho intramolecular Hbond substituents is 1. The fourth-order valence-electron chi connectivity index (χ4n) is 1.82. The molecule has 1 aromatic carbocycles. The topological polar surface area (TPSA) is 32.3 Å². The summed E-state index contributed by atoms with van der Waals surface area (Å²) in [7, 11) is 0. The number of halogens is 2. The van der Waals surface area contributed by atoms with Crippen molar-refractivity contribution in [3.63, 3.8) is 0 Å². The van der Waals surface area contributed by atoms with Crippen LogP contribution in [0.4, 0.5) is 0 Å². The van der Waals surface area contributed by atoms with Crippen molar-refractivity contribution in [2.24, 2.45) is 0 Å². The van der Waals surface area contributed by atoms with Gasteiger partial charge in [-0.15, -0.1) is 0 Å². The van der Waals surface area contributed by atoms with Crippen molar-refractivity contribution in [3.05, 3.63) is 27.2 Å². The molecule has 1 aromatic rings. The van der Waals surface area contributed by atoms with Gasteiger partial charge in [0.1, 0.15) is 5.75 Å². The zero-order chi connectivity index (χ0) is 10.1. The van der Waals surface area contributed by atoms with E-state index in [0.29, 0.717) is 9.50 Å². The van der Waals surface area contributed by atoms with Gasteiger partial charge >= 0.3 is 0 Å². The van der Waals surface area contributed by atoms with E-state index in [2.05, 4.69) is 21.2 Å². The van der Waals surface area contributed by atoms with Gasteiger partial charge in [-0.3, -0.25) is 0 Å². The van der Waals surface area contributed by atoms with Crippen LogP contribution < -0.4 is 5.32 Å². The summed E-state index contributed by atoms with van der Waals surface area (Å²) < 4.78 is 0.700. The van der Waals surface area contributed by atoms with E-state index in [-0.39, 0.29) is 11.8 Å². The SMILES string of the molecule is Oc1c(Br)ccc(Cl)c1[C@H]1CCCN1. The summed E-state index contributed by atoms with van der Waals surface area (Å²) in [5.41, 5.74) is 0.818. The molecule has 1 aliphatic rings. The van der Waals surface area contributed by atoms with Crippen LogP contribution in [0, 0.1) is 0 Å². The molecule has 1 saturated heterocycles. The normalized spacial score (nSPS) is 21.4. The van der Waals surface area contributed by atoms with Crippen molar-refractivity contribution >= 4 is 27.5 Å². The second-order valence-corrected chi connectivity index (χ2v) is 4.70. The van der Waals surface area contributed by atoms with Crippen molar-refractivity contribution in [2.75, 3.05) is 6.54 Å². The first-order valence-corrected chi connectivity index (χ1v) is 5.77. The Balaban J connectivity index is 2.44. The molecule has 2 rings (SSSR count). The van der Waals surface area contributed by atoms with Crippen LogP contribution in [0.3, 0.4) is 0 Å². The van der Waals surface area contributed by atoms with Gasteiger partial charge in [-0.25, -0.2) is 0 Å². The summed E-state index contributed by atoms with van der Waals surface area (Å²) in [6.45, 7) is 0.993. The van der Waals surface area contributed by atoms with E-state index in [1.807, 2.05) is 0 Å². The van der Waals surface area contributed by atoms with E-state index < -0.39 is 0 Å². The van der Waals surface area contributed by atoms with E-state index in [4.69, 9.17) is 11.6 Å². The number of hydrogen-bond acceptors (Lipinski definition) is 2. The summed E-state index contributed by atoms with van der Waals surface area (Å²) in [5, 5.41) is 13.8. The van der Waals surface area contributed by atoms with Crippen LogP contribution in [-0.4, -0.2) is 11.7 Å². The van der Waals surface area contributed by atoms with Crippen molar-refractivity contribution in [1.29, 1.82) is 0 Å². The fourth-order valence-corrected chi connectivity index (χ4v) is 2.45. The summed E-state index contributed by atoms with van der Waals surface area (Å²) in [6.07, 6.45) is 2.16. The summed E-state index contributed by atoms with van der Waals surface area (Å²) in [4.78, 5) is 0. The minimum Gasteiger partial charge on any atom is -0.506 e. The van der Waals surface area contributed by atoms with Crippen molar-refractivity contribution in [3.8, 4) is 5.75 Å². The highest BCUT2D eigenvalue weighted by atomic mass is 79.9. The van der Waals surface area contributed by atoms with Crippen LogP contribution in [0.2, 0.25) is 5.02 Å². The van der Waals surface area contributed by atoms with Crippen molar-refractivity contribution < 1.29 is 5.11 Å². The predicted molar refractivity (Wildman–Crippen MR) is 60.8 cm³/mol. The van der Waals surface area contributed by atoms with E-state index in [9.17, 15) is 5.11 Å². The number of nitrogens with one attached hydrogen (secondary N) is 1. The molecule has 1 aliphatic heterocycles. The Kier molecular flexibility index (Phi) is 3.00. The lowest BCUT2D eigenvalue weighted by atomic mass is 10.0. The van der Waals surface area contributed by atoms with Crippen LogP contribution in [0.1, 0.15) is 24.4 Å². The molecule has 0 spiro atoms. The second-order valence-electron chi connectivity index (χ2n) is 3.44. The van der Waals surface area contributed by atoms with E-state index >= 15 is 0 Å². The molecular weight excluding hydrogens is 265 g/mol. The first-order valence-electron chi connectivity index (χ1n) is 4.60. The molecule has 1 atom stereocenters. The maximum Gasteiger partial charge on any atom is 0.136 e. The lowest BCUT2D eigenvalue weighted by Crippen LogP contribution is -2.13. The van der Waals surface area contributed by atoms with Crippen LogP contribution in [0.25, 0.3) is 0 Å². The highest BCUT2D eigenvalue weighted by Crippen LogP contribution is 2.39. The van der Waals surface area contributed by atoms with Gasteiger partial charge in [0.05, 0.1) is 4.47 Å². The van der Waals surface area contributed by atoms with Crippen LogP contribution >= 0.6 is 27.5 Å². The highest BCUT2D eigenvalue weighted by Gasteiger charge is 2.23. The predicted octanol–water partition coefficient (Wildman–Crippen LogP) is 3.23. The number of benzene rings is 1. The Morgan fingerprint density at radius 3 is 2.93 bits per heavy atom. The molecule has 0 amide bonds. The summed E-state index contributed by atoms with van der Waals surface area (Å²) in [5.74, 6) is 0.261. The second kappa shape index (κ2) is 4.09. The first kappa shape index (κ1) is 10.3. The van der Waals surface area contributed by atoms with Crippen LogP contribution in [0.15, 0.2) is 16.6 Å². The molecule has 4 heteroatoms. The van der Waals surface area contributed by atoms with Crippen LogP contribution in [0.5, 0.6) is 5.75 Å². The zero-order valence-corrected chi connectivity index (χ0v) is 9.90. The third-order valence-corrected chi connectivity index (χ3v) is 3.49. The number of aromatic hydroxyl groups is 1. The number of rotatable bonds is 1. The molecule has 0 unspecified atom stereocenters. The van der Waals surface area contributed by atoms with Gasteiger partial charge in [-0.2, -0.15) is 0 Å². The molecule has 1 fully saturated rings. The maximum atomic E-state index is 9.87. The van der Waals surface area contributed by atoms with Crippen molar-refractivity contribution in [2.45, 2.75) is 18.9 Å². The van der Waals surface area contributed by atoms with Crippen molar-refractivity contribution in [1.82, 2.24) is 5.32 Å². The standard InChI is InChI=1S/C10H11BrClNO/c11-6-3-4-7(12)9(10(6)14)8-2-1-5-13-8/h3-4,8,13-14H,1-2,5H2/t8-/m1/s1. The Morgan fingerprint density at radius 2 is 2.29 bits per heavy atom.